The number of carbonyl (C=O) groups excluding carboxylic acids is 2. The van der Waals surface area contributed by atoms with Crippen LogP contribution >= 0.6 is 34.4 Å². The Morgan fingerprint density at radius 3 is 2.68 bits per heavy atom. The van der Waals surface area contributed by atoms with E-state index in [-0.39, 0.29) is 10.1 Å². The molecule has 0 saturated carbocycles. The summed E-state index contributed by atoms with van der Waals surface area (Å²) in [4.78, 5) is 23.1. The number of thioether (sulfide) groups is 1. The Bertz CT molecular complexity index is 792. The number of methoxy groups -OCH3 is 3. The minimum absolute atomic E-state index is 0.196. The SMILES string of the molecule is COC(=O)/C=C1/S/C(=N\N=Cc2cc(I)c(OC)c(OC)c2)NC1=O. The second kappa shape index (κ2) is 8.85. The number of benzene rings is 1. The lowest BCUT2D eigenvalue weighted by Crippen LogP contribution is -2.19. The summed E-state index contributed by atoms with van der Waals surface area (Å²) < 4.78 is 15.9. The van der Waals surface area contributed by atoms with Gasteiger partial charge in [-0.25, -0.2) is 4.79 Å². The molecule has 1 amide bonds. The highest BCUT2D eigenvalue weighted by Gasteiger charge is 2.25. The molecule has 0 atom stereocenters. The van der Waals surface area contributed by atoms with Crippen LogP contribution in [0.4, 0.5) is 0 Å². The number of esters is 1. The first-order valence-corrected chi connectivity index (χ1v) is 8.69. The van der Waals surface area contributed by atoms with Crippen LogP contribution in [-0.4, -0.2) is 44.6 Å². The molecule has 1 aliphatic rings. The van der Waals surface area contributed by atoms with Gasteiger partial charge in [0.05, 0.1) is 36.0 Å². The maximum absolute atomic E-state index is 11.7. The van der Waals surface area contributed by atoms with Gasteiger partial charge in [-0.15, -0.1) is 5.10 Å². The van der Waals surface area contributed by atoms with E-state index < -0.39 is 11.9 Å². The first-order chi connectivity index (χ1) is 12.0. The van der Waals surface area contributed by atoms with Crippen molar-refractivity contribution in [3.8, 4) is 11.5 Å². The van der Waals surface area contributed by atoms with Crippen molar-refractivity contribution in [3.05, 3.63) is 32.2 Å². The van der Waals surface area contributed by atoms with Crippen LogP contribution in [-0.2, 0) is 14.3 Å². The highest BCUT2D eigenvalue weighted by Crippen LogP contribution is 2.33. The van der Waals surface area contributed by atoms with Gasteiger partial charge < -0.3 is 14.2 Å². The molecule has 1 fully saturated rings. The zero-order chi connectivity index (χ0) is 18.4. The van der Waals surface area contributed by atoms with E-state index in [1.165, 1.54) is 13.3 Å². The van der Waals surface area contributed by atoms with Gasteiger partial charge in [0.25, 0.3) is 5.91 Å². The van der Waals surface area contributed by atoms with Crippen molar-refractivity contribution >= 4 is 57.6 Å². The van der Waals surface area contributed by atoms with Crippen LogP contribution in [0.15, 0.2) is 33.3 Å². The van der Waals surface area contributed by atoms with Crippen LogP contribution < -0.4 is 14.8 Å². The smallest absolute Gasteiger partial charge is 0.331 e. The number of carbonyl (C=O) groups is 2. The van der Waals surface area contributed by atoms with Crippen LogP contribution in [0, 0.1) is 3.57 Å². The number of hydrogen-bond donors (Lipinski definition) is 1. The van der Waals surface area contributed by atoms with Crippen molar-refractivity contribution in [2.45, 2.75) is 0 Å². The van der Waals surface area contributed by atoms with Crippen LogP contribution in [0.3, 0.4) is 0 Å². The highest BCUT2D eigenvalue weighted by molar-refractivity contribution is 14.1. The predicted octanol–water partition coefficient (Wildman–Crippen LogP) is 1.92. The molecule has 1 N–H and O–H groups in total. The molecule has 0 spiro atoms. The van der Waals surface area contributed by atoms with Gasteiger partial charge in [0.1, 0.15) is 0 Å². The van der Waals surface area contributed by atoms with E-state index in [4.69, 9.17) is 9.47 Å². The van der Waals surface area contributed by atoms with E-state index in [1.807, 2.05) is 6.07 Å². The zero-order valence-electron chi connectivity index (χ0n) is 13.5. The topological polar surface area (TPSA) is 98.6 Å². The molecule has 8 nitrogen and oxygen atoms in total. The van der Waals surface area contributed by atoms with E-state index in [0.717, 1.165) is 27.0 Å². The van der Waals surface area contributed by atoms with Gasteiger partial charge in [0.2, 0.25) is 0 Å². The number of amidine groups is 1. The molecular formula is C15H14IN3O5S. The summed E-state index contributed by atoms with van der Waals surface area (Å²) in [6, 6.07) is 3.61. The fraction of sp³-hybridized carbons (Fsp3) is 0.200. The molecule has 0 radical (unpaired) electrons. The average molecular weight is 475 g/mol. The Balaban J connectivity index is 2.15. The average Bonchev–Trinajstić information content (AvgIpc) is 2.93. The van der Waals surface area contributed by atoms with Gasteiger partial charge in [0.15, 0.2) is 16.7 Å². The number of halogens is 1. The molecule has 1 aliphatic heterocycles. The number of amides is 1. The zero-order valence-corrected chi connectivity index (χ0v) is 16.5. The molecule has 10 heteroatoms. The van der Waals surface area contributed by atoms with Crippen molar-refractivity contribution in [1.29, 1.82) is 0 Å². The van der Waals surface area contributed by atoms with Crippen molar-refractivity contribution in [2.24, 2.45) is 10.2 Å². The van der Waals surface area contributed by atoms with Gasteiger partial charge in [-0.1, -0.05) is 0 Å². The maximum Gasteiger partial charge on any atom is 0.331 e. The number of nitrogens with zero attached hydrogens (tertiary/aromatic N) is 2. The number of rotatable bonds is 5. The summed E-state index contributed by atoms with van der Waals surface area (Å²) >= 11 is 3.13. The van der Waals surface area contributed by atoms with Crippen molar-refractivity contribution < 1.29 is 23.8 Å². The standard InChI is InChI=1S/C15H14IN3O5S/c1-22-10-5-8(4-9(16)13(10)24-3)7-17-19-15-18-14(21)11(25-15)6-12(20)23-2/h4-7H,1-3H3,(H,18,19,21)/b11-6+,17-7?. The second-order valence-electron chi connectivity index (χ2n) is 4.48. The largest absolute Gasteiger partial charge is 0.493 e. The Morgan fingerprint density at radius 2 is 2.04 bits per heavy atom. The predicted molar refractivity (Wildman–Crippen MR) is 103 cm³/mol. The molecule has 0 bridgehead atoms. The molecule has 0 unspecified atom stereocenters. The second-order valence-corrected chi connectivity index (χ2v) is 6.67. The summed E-state index contributed by atoms with van der Waals surface area (Å²) in [5, 5.41) is 10.7. The fourth-order valence-corrected chi connectivity index (χ4v) is 3.39. The quantitative estimate of drug-likeness (QED) is 0.230. The molecular weight excluding hydrogens is 461 g/mol. The van der Waals surface area contributed by atoms with E-state index in [2.05, 4.69) is 42.8 Å². The summed E-state index contributed by atoms with van der Waals surface area (Å²) in [6.45, 7) is 0. The maximum atomic E-state index is 11.7. The molecule has 25 heavy (non-hydrogen) atoms. The van der Waals surface area contributed by atoms with Crippen LogP contribution in [0.5, 0.6) is 11.5 Å². The van der Waals surface area contributed by atoms with Crippen molar-refractivity contribution in [1.82, 2.24) is 5.32 Å². The third-order valence-corrected chi connectivity index (χ3v) is 4.61. The van der Waals surface area contributed by atoms with Gasteiger partial charge >= 0.3 is 5.97 Å². The lowest BCUT2D eigenvalue weighted by molar-refractivity contribution is -0.135. The van der Waals surface area contributed by atoms with Gasteiger partial charge in [-0.05, 0) is 52.0 Å². The summed E-state index contributed by atoms with van der Waals surface area (Å²) in [7, 11) is 4.36. The number of ether oxygens (including phenoxy) is 3. The summed E-state index contributed by atoms with van der Waals surface area (Å²) in [5.41, 5.74) is 0.756. The number of nitrogens with one attached hydrogen (secondary N) is 1. The third kappa shape index (κ3) is 4.95. The van der Waals surface area contributed by atoms with Gasteiger partial charge in [-0.3, -0.25) is 10.1 Å². The molecule has 1 saturated heterocycles. The van der Waals surface area contributed by atoms with Crippen LogP contribution in [0.1, 0.15) is 5.56 Å². The lowest BCUT2D eigenvalue weighted by atomic mass is 10.2. The Hall–Kier alpha value is -2.08. The molecule has 0 aromatic heterocycles. The highest BCUT2D eigenvalue weighted by atomic mass is 127. The first-order valence-electron chi connectivity index (χ1n) is 6.80. The van der Waals surface area contributed by atoms with Gasteiger partial charge in [-0.2, -0.15) is 5.10 Å². The van der Waals surface area contributed by atoms with Crippen LogP contribution in [0.25, 0.3) is 0 Å². The normalized spacial score (nSPS) is 17.2. The Labute approximate surface area is 161 Å². The third-order valence-electron chi connectivity index (χ3n) is 2.91. The summed E-state index contributed by atoms with van der Waals surface area (Å²) in [6.07, 6.45) is 2.62. The lowest BCUT2D eigenvalue weighted by Gasteiger charge is -2.09. The van der Waals surface area contributed by atoms with E-state index >= 15 is 0 Å². The van der Waals surface area contributed by atoms with E-state index in [0.29, 0.717) is 11.5 Å². The summed E-state index contributed by atoms with van der Waals surface area (Å²) in [5.74, 6) is 0.186. The fourth-order valence-electron chi connectivity index (χ4n) is 1.80. The molecule has 0 aliphatic carbocycles. The Morgan fingerprint density at radius 1 is 1.28 bits per heavy atom. The monoisotopic (exact) mass is 475 g/mol. The minimum atomic E-state index is -0.609. The van der Waals surface area contributed by atoms with E-state index in [1.54, 1.807) is 20.3 Å². The first kappa shape index (κ1) is 19.2. The molecule has 132 valence electrons. The minimum Gasteiger partial charge on any atom is -0.493 e. The van der Waals surface area contributed by atoms with E-state index in [9.17, 15) is 9.59 Å². The van der Waals surface area contributed by atoms with Crippen molar-refractivity contribution in [3.63, 3.8) is 0 Å². The molecule has 1 aromatic carbocycles. The van der Waals surface area contributed by atoms with Crippen molar-refractivity contribution in [2.75, 3.05) is 21.3 Å². The van der Waals surface area contributed by atoms with Crippen LogP contribution in [0.2, 0.25) is 0 Å². The molecule has 2 rings (SSSR count). The van der Waals surface area contributed by atoms with Gasteiger partial charge in [0, 0.05) is 6.08 Å². The Kier molecular flexibility index (Phi) is 6.82. The molecule has 1 aromatic rings. The molecule has 1 heterocycles. The number of hydrogen-bond acceptors (Lipinski definition) is 8.